The number of hydrogen-bond acceptors (Lipinski definition) is 3. The van der Waals surface area contributed by atoms with Crippen LogP contribution < -0.4 is 11.1 Å². The zero-order chi connectivity index (χ0) is 9.40. The molecule has 1 atom stereocenters. The molecule has 0 saturated carbocycles. The first-order valence-electron chi connectivity index (χ1n) is 3.85. The minimum Gasteiger partial charge on any atom is -0.351 e. The number of carbonyl (C=O) groups is 1. The molecule has 0 saturated heterocycles. The van der Waals surface area contributed by atoms with Crippen molar-refractivity contribution in [2.45, 2.75) is 12.5 Å². The molecule has 0 radical (unpaired) electrons. The normalized spacial score (nSPS) is 12.2. The third-order valence-corrected chi connectivity index (χ3v) is 2.03. The molecule has 0 heterocycles. The minimum absolute atomic E-state index is 0.0936. The van der Waals surface area contributed by atoms with E-state index in [1.807, 2.05) is 6.26 Å². The first-order valence-corrected chi connectivity index (χ1v) is 5.25. The van der Waals surface area contributed by atoms with Crippen LogP contribution in [0.3, 0.4) is 0 Å². The van der Waals surface area contributed by atoms with Crippen molar-refractivity contribution in [2.24, 2.45) is 5.73 Å². The Morgan fingerprint density at radius 2 is 2.50 bits per heavy atom. The summed E-state index contributed by atoms with van der Waals surface area (Å²) in [6.45, 7) is 3.99. The van der Waals surface area contributed by atoms with Gasteiger partial charge in [0.15, 0.2) is 0 Å². The van der Waals surface area contributed by atoms with E-state index in [1.165, 1.54) is 0 Å². The number of thioether (sulfide) groups is 1. The summed E-state index contributed by atoms with van der Waals surface area (Å²) in [4.78, 5) is 11.1. The summed E-state index contributed by atoms with van der Waals surface area (Å²) in [6, 6.07) is -0.377. The van der Waals surface area contributed by atoms with Gasteiger partial charge in [-0.25, -0.2) is 0 Å². The second-order valence-electron chi connectivity index (χ2n) is 2.42. The lowest BCUT2D eigenvalue weighted by molar-refractivity contribution is -0.122. The van der Waals surface area contributed by atoms with Crippen LogP contribution in [0.1, 0.15) is 6.42 Å². The zero-order valence-electron chi connectivity index (χ0n) is 7.38. The van der Waals surface area contributed by atoms with Gasteiger partial charge in [-0.3, -0.25) is 4.79 Å². The lowest BCUT2D eigenvalue weighted by Gasteiger charge is -2.09. The summed E-state index contributed by atoms with van der Waals surface area (Å²) in [5, 5.41) is 2.65. The average molecular weight is 188 g/mol. The van der Waals surface area contributed by atoms with Crippen molar-refractivity contribution in [1.82, 2.24) is 5.32 Å². The molecule has 1 amide bonds. The van der Waals surface area contributed by atoms with Crippen LogP contribution in [0, 0.1) is 0 Å². The molecule has 3 nitrogen and oxygen atoms in total. The molecule has 0 bridgehead atoms. The summed E-state index contributed by atoms with van der Waals surface area (Å²) in [5.74, 6) is 0.826. The molecule has 0 fully saturated rings. The van der Waals surface area contributed by atoms with Crippen LogP contribution in [-0.4, -0.2) is 30.5 Å². The smallest absolute Gasteiger partial charge is 0.237 e. The fraction of sp³-hybridized carbons (Fsp3) is 0.625. The highest BCUT2D eigenvalue weighted by Crippen LogP contribution is 1.98. The van der Waals surface area contributed by atoms with E-state index in [9.17, 15) is 4.79 Å². The van der Waals surface area contributed by atoms with Gasteiger partial charge in [-0.1, -0.05) is 6.08 Å². The van der Waals surface area contributed by atoms with E-state index in [4.69, 9.17) is 5.73 Å². The molecular weight excluding hydrogens is 172 g/mol. The summed E-state index contributed by atoms with van der Waals surface area (Å²) in [5.41, 5.74) is 5.58. The number of amides is 1. The molecule has 0 aliphatic rings. The molecular formula is C8H16N2OS. The Balaban J connectivity index is 3.53. The predicted molar refractivity (Wildman–Crippen MR) is 54.2 cm³/mol. The van der Waals surface area contributed by atoms with Crippen molar-refractivity contribution in [3.63, 3.8) is 0 Å². The van der Waals surface area contributed by atoms with Gasteiger partial charge in [-0.2, -0.15) is 11.8 Å². The molecule has 12 heavy (non-hydrogen) atoms. The van der Waals surface area contributed by atoms with Crippen LogP contribution in [0.15, 0.2) is 12.7 Å². The van der Waals surface area contributed by atoms with E-state index < -0.39 is 0 Å². The highest BCUT2D eigenvalue weighted by molar-refractivity contribution is 7.98. The molecule has 0 rings (SSSR count). The second-order valence-corrected chi connectivity index (χ2v) is 3.41. The van der Waals surface area contributed by atoms with Crippen LogP contribution in [-0.2, 0) is 4.79 Å². The number of nitrogens with one attached hydrogen (secondary N) is 1. The first kappa shape index (κ1) is 11.5. The van der Waals surface area contributed by atoms with Crippen LogP contribution in [0.4, 0.5) is 0 Å². The SMILES string of the molecule is C=CCNC(=O)C(N)CCSC. The van der Waals surface area contributed by atoms with Crippen molar-refractivity contribution in [1.29, 1.82) is 0 Å². The largest absolute Gasteiger partial charge is 0.351 e. The Morgan fingerprint density at radius 3 is 3.00 bits per heavy atom. The van der Waals surface area contributed by atoms with Crippen LogP contribution >= 0.6 is 11.8 Å². The number of carbonyl (C=O) groups excluding carboxylic acids is 1. The zero-order valence-corrected chi connectivity index (χ0v) is 8.19. The Morgan fingerprint density at radius 1 is 1.83 bits per heavy atom. The molecule has 3 N–H and O–H groups in total. The molecule has 0 aliphatic heterocycles. The van der Waals surface area contributed by atoms with Crippen molar-refractivity contribution >= 4 is 17.7 Å². The van der Waals surface area contributed by atoms with E-state index in [-0.39, 0.29) is 11.9 Å². The van der Waals surface area contributed by atoms with Crippen LogP contribution in [0.5, 0.6) is 0 Å². The maximum Gasteiger partial charge on any atom is 0.237 e. The van der Waals surface area contributed by atoms with E-state index in [0.29, 0.717) is 6.54 Å². The molecule has 4 heteroatoms. The summed E-state index contributed by atoms with van der Waals surface area (Å²) >= 11 is 1.69. The van der Waals surface area contributed by atoms with Crippen LogP contribution in [0.25, 0.3) is 0 Å². The van der Waals surface area contributed by atoms with Gasteiger partial charge in [0.2, 0.25) is 5.91 Å². The molecule has 70 valence electrons. The van der Waals surface area contributed by atoms with Gasteiger partial charge < -0.3 is 11.1 Å². The van der Waals surface area contributed by atoms with Crippen molar-refractivity contribution in [2.75, 3.05) is 18.6 Å². The van der Waals surface area contributed by atoms with E-state index in [1.54, 1.807) is 17.8 Å². The van der Waals surface area contributed by atoms with Gasteiger partial charge in [0.05, 0.1) is 6.04 Å². The lowest BCUT2D eigenvalue weighted by atomic mass is 10.2. The molecule has 0 spiro atoms. The number of rotatable bonds is 6. The topological polar surface area (TPSA) is 55.1 Å². The van der Waals surface area contributed by atoms with Crippen molar-refractivity contribution < 1.29 is 4.79 Å². The Labute approximate surface area is 77.8 Å². The van der Waals surface area contributed by atoms with E-state index in [2.05, 4.69) is 11.9 Å². The van der Waals surface area contributed by atoms with Crippen LogP contribution in [0.2, 0.25) is 0 Å². The highest BCUT2D eigenvalue weighted by Gasteiger charge is 2.10. The van der Waals surface area contributed by atoms with Gasteiger partial charge in [-0.15, -0.1) is 6.58 Å². The molecule has 0 aromatic heterocycles. The Hall–Kier alpha value is -0.480. The van der Waals surface area contributed by atoms with Gasteiger partial charge in [0, 0.05) is 6.54 Å². The lowest BCUT2D eigenvalue weighted by Crippen LogP contribution is -2.40. The minimum atomic E-state index is -0.377. The van der Waals surface area contributed by atoms with Gasteiger partial charge >= 0.3 is 0 Å². The van der Waals surface area contributed by atoms with Gasteiger partial charge in [0.25, 0.3) is 0 Å². The monoisotopic (exact) mass is 188 g/mol. The first-order chi connectivity index (χ1) is 5.72. The third-order valence-electron chi connectivity index (χ3n) is 1.39. The van der Waals surface area contributed by atoms with E-state index >= 15 is 0 Å². The average Bonchev–Trinajstić information content (AvgIpc) is 2.10. The van der Waals surface area contributed by atoms with Gasteiger partial charge in [0.1, 0.15) is 0 Å². The molecule has 0 aliphatic carbocycles. The third kappa shape index (κ3) is 5.21. The summed E-state index contributed by atoms with van der Waals surface area (Å²) < 4.78 is 0. The maximum atomic E-state index is 11.1. The number of nitrogens with two attached hydrogens (primary N) is 1. The molecule has 1 unspecified atom stereocenters. The fourth-order valence-corrected chi connectivity index (χ4v) is 1.17. The summed E-state index contributed by atoms with van der Waals surface area (Å²) in [6.07, 6.45) is 4.36. The van der Waals surface area contributed by atoms with Gasteiger partial charge in [-0.05, 0) is 18.4 Å². The Kier molecular flexibility index (Phi) is 6.90. The molecule has 0 aromatic carbocycles. The second kappa shape index (κ2) is 7.18. The van der Waals surface area contributed by atoms with Crippen molar-refractivity contribution in [3.05, 3.63) is 12.7 Å². The maximum absolute atomic E-state index is 11.1. The quantitative estimate of drug-likeness (QED) is 0.592. The molecule has 0 aromatic rings. The fourth-order valence-electron chi connectivity index (χ4n) is 0.680. The predicted octanol–water partition coefficient (Wildman–Crippen LogP) is 0.369. The standard InChI is InChI=1S/C8H16N2OS/c1-3-5-10-8(11)7(9)4-6-12-2/h3,7H,1,4-6,9H2,2H3,(H,10,11). The highest BCUT2D eigenvalue weighted by atomic mass is 32.2. The van der Waals surface area contributed by atoms with E-state index in [0.717, 1.165) is 12.2 Å². The Bertz CT molecular complexity index is 150. The summed E-state index contributed by atoms with van der Waals surface area (Å²) in [7, 11) is 0. The van der Waals surface area contributed by atoms with Crippen molar-refractivity contribution in [3.8, 4) is 0 Å². The number of hydrogen-bond donors (Lipinski definition) is 2.